The van der Waals surface area contributed by atoms with E-state index in [0.717, 1.165) is 38.5 Å². The summed E-state index contributed by atoms with van der Waals surface area (Å²) in [7, 11) is 0. The molecule has 0 spiro atoms. The Kier molecular flexibility index (Phi) is 5.87. The molecule has 2 atom stereocenters. The van der Waals surface area contributed by atoms with E-state index in [4.69, 9.17) is 0 Å². The summed E-state index contributed by atoms with van der Waals surface area (Å²) >= 11 is 0. The molecular formula is C19H25F3N2O2. The minimum atomic E-state index is -4.56. The van der Waals surface area contributed by atoms with Crippen LogP contribution < -0.4 is 0 Å². The number of aliphatic hydroxyl groups excluding tert-OH is 1. The Hall–Kier alpha value is -1.60. The number of piperidine rings is 1. The van der Waals surface area contributed by atoms with Gasteiger partial charge >= 0.3 is 6.18 Å². The van der Waals surface area contributed by atoms with Gasteiger partial charge in [-0.15, -0.1) is 0 Å². The molecule has 1 N–H and O–H groups in total. The summed E-state index contributed by atoms with van der Waals surface area (Å²) in [4.78, 5) is 16.6. The quantitative estimate of drug-likeness (QED) is 0.886. The molecule has 0 aromatic heterocycles. The fourth-order valence-corrected chi connectivity index (χ4v) is 4.08. The van der Waals surface area contributed by atoms with Gasteiger partial charge in [-0.3, -0.25) is 4.79 Å². The third kappa shape index (κ3) is 4.20. The molecule has 2 fully saturated rings. The van der Waals surface area contributed by atoms with E-state index in [2.05, 4.69) is 4.90 Å². The van der Waals surface area contributed by atoms with E-state index in [9.17, 15) is 23.1 Å². The number of aliphatic hydroxyl groups is 1. The fraction of sp³-hybridized carbons (Fsp3) is 0.632. The van der Waals surface area contributed by atoms with E-state index in [-0.39, 0.29) is 24.0 Å². The first kappa shape index (κ1) is 19.2. The zero-order valence-electron chi connectivity index (χ0n) is 14.7. The van der Waals surface area contributed by atoms with Crippen LogP contribution in [-0.4, -0.2) is 60.1 Å². The largest absolute Gasteiger partial charge is 0.417 e. The van der Waals surface area contributed by atoms with Gasteiger partial charge in [-0.25, -0.2) is 0 Å². The lowest BCUT2D eigenvalue weighted by molar-refractivity contribution is -0.138. The number of hydrogen-bond acceptors (Lipinski definition) is 3. The van der Waals surface area contributed by atoms with E-state index in [1.807, 2.05) is 0 Å². The van der Waals surface area contributed by atoms with Crippen LogP contribution in [0.5, 0.6) is 0 Å². The number of likely N-dealkylation sites (tertiary alicyclic amines) is 2. The summed E-state index contributed by atoms with van der Waals surface area (Å²) in [5.74, 6) is -0.587. The van der Waals surface area contributed by atoms with E-state index >= 15 is 0 Å². The van der Waals surface area contributed by atoms with Crippen molar-refractivity contribution >= 4 is 5.91 Å². The molecule has 2 heterocycles. The highest BCUT2D eigenvalue weighted by Gasteiger charge is 2.40. The van der Waals surface area contributed by atoms with Crippen LogP contribution >= 0.6 is 0 Å². The van der Waals surface area contributed by atoms with Crippen LogP contribution in [0.25, 0.3) is 0 Å². The van der Waals surface area contributed by atoms with Crippen molar-refractivity contribution in [3.05, 3.63) is 35.4 Å². The molecule has 7 heteroatoms. The third-order valence-corrected chi connectivity index (χ3v) is 5.50. The van der Waals surface area contributed by atoms with Gasteiger partial charge in [0.05, 0.1) is 11.1 Å². The molecular weight excluding hydrogens is 345 g/mol. The van der Waals surface area contributed by atoms with Crippen LogP contribution in [0.3, 0.4) is 0 Å². The zero-order valence-corrected chi connectivity index (χ0v) is 14.7. The maximum absolute atomic E-state index is 13.2. The van der Waals surface area contributed by atoms with Gasteiger partial charge in [-0.1, -0.05) is 18.6 Å². The van der Waals surface area contributed by atoms with E-state index in [0.29, 0.717) is 13.1 Å². The van der Waals surface area contributed by atoms with Crippen LogP contribution in [0.4, 0.5) is 13.2 Å². The van der Waals surface area contributed by atoms with Crippen LogP contribution in [0.15, 0.2) is 24.3 Å². The van der Waals surface area contributed by atoms with E-state index in [1.54, 1.807) is 0 Å². The first-order valence-corrected chi connectivity index (χ1v) is 9.19. The number of halogens is 3. The van der Waals surface area contributed by atoms with Crippen LogP contribution in [0, 0.1) is 11.8 Å². The summed E-state index contributed by atoms with van der Waals surface area (Å²) < 4.78 is 39.6. The van der Waals surface area contributed by atoms with Crippen LogP contribution in [0.2, 0.25) is 0 Å². The zero-order chi connectivity index (χ0) is 18.7. The van der Waals surface area contributed by atoms with Gasteiger partial charge in [-0.2, -0.15) is 13.2 Å². The second-order valence-electron chi connectivity index (χ2n) is 7.32. The van der Waals surface area contributed by atoms with E-state index in [1.165, 1.54) is 29.5 Å². The standard InChI is InChI=1S/C19H25F3N2O2/c20-19(21,22)17-7-3-2-6-16(17)18(26)24-11-14(15(12-24)13-25)10-23-8-4-1-5-9-23/h2-3,6-7,14-15,25H,1,4-5,8-13H2/t14-,15-/m1/s1. The van der Waals surface area contributed by atoms with Gasteiger partial charge < -0.3 is 14.9 Å². The molecule has 2 aliphatic rings. The van der Waals surface area contributed by atoms with Crippen molar-refractivity contribution < 1.29 is 23.1 Å². The summed E-state index contributed by atoms with van der Waals surface area (Å²) in [6.07, 6.45) is -1.03. The Labute approximate surface area is 151 Å². The lowest BCUT2D eigenvalue weighted by Gasteiger charge is -2.30. The van der Waals surface area contributed by atoms with Gasteiger partial charge in [0, 0.05) is 32.2 Å². The van der Waals surface area contributed by atoms with Crippen molar-refractivity contribution in [2.45, 2.75) is 25.4 Å². The Morgan fingerprint density at radius 2 is 1.73 bits per heavy atom. The molecule has 1 aromatic rings. The maximum Gasteiger partial charge on any atom is 0.417 e. The van der Waals surface area contributed by atoms with Crippen molar-refractivity contribution in [3.8, 4) is 0 Å². The highest BCUT2D eigenvalue weighted by Crippen LogP contribution is 2.34. The summed E-state index contributed by atoms with van der Waals surface area (Å²) in [5, 5.41) is 9.68. The van der Waals surface area contributed by atoms with Gasteiger partial charge in [0.2, 0.25) is 0 Å². The lowest BCUT2D eigenvalue weighted by atomic mass is 9.95. The van der Waals surface area contributed by atoms with Crippen molar-refractivity contribution in [2.75, 3.05) is 39.3 Å². The second-order valence-corrected chi connectivity index (χ2v) is 7.32. The number of benzene rings is 1. The summed E-state index contributed by atoms with van der Waals surface area (Å²) in [6, 6.07) is 4.92. The van der Waals surface area contributed by atoms with Gasteiger partial charge in [0.15, 0.2) is 0 Å². The van der Waals surface area contributed by atoms with Crippen molar-refractivity contribution in [1.82, 2.24) is 9.80 Å². The highest BCUT2D eigenvalue weighted by molar-refractivity contribution is 5.96. The Balaban J connectivity index is 1.73. The number of hydrogen-bond donors (Lipinski definition) is 1. The number of rotatable bonds is 4. The molecule has 2 saturated heterocycles. The minimum Gasteiger partial charge on any atom is -0.396 e. The van der Waals surface area contributed by atoms with Crippen molar-refractivity contribution in [2.24, 2.45) is 11.8 Å². The molecule has 144 valence electrons. The molecule has 1 amide bonds. The normalized spacial score (nSPS) is 24.8. The summed E-state index contributed by atoms with van der Waals surface area (Å²) in [6.45, 7) is 3.46. The molecule has 0 unspecified atom stereocenters. The predicted octanol–water partition coefficient (Wildman–Crippen LogP) is 2.87. The lowest BCUT2D eigenvalue weighted by Crippen LogP contribution is -2.37. The molecule has 0 saturated carbocycles. The smallest absolute Gasteiger partial charge is 0.396 e. The SMILES string of the molecule is O=C(c1ccccc1C(F)(F)F)N1C[C@@H](CN2CCCCC2)[C@@H](CO)C1. The Morgan fingerprint density at radius 3 is 2.38 bits per heavy atom. The number of nitrogens with zero attached hydrogens (tertiary/aromatic N) is 2. The third-order valence-electron chi connectivity index (χ3n) is 5.50. The average molecular weight is 370 g/mol. The molecule has 2 aliphatic heterocycles. The number of alkyl halides is 3. The minimum absolute atomic E-state index is 0.0524. The molecule has 0 bridgehead atoms. The van der Waals surface area contributed by atoms with Gasteiger partial charge in [-0.05, 0) is 44.0 Å². The Bertz CT molecular complexity index is 629. The van der Waals surface area contributed by atoms with E-state index < -0.39 is 17.6 Å². The van der Waals surface area contributed by atoms with Crippen molar-refractivity contribution in [3.63, 3.8) is 0 Å². The molecule has 0 radical (unpaired) electrons. The monoisotopic (exact) mass is 370 g/mol. The first-order chi connectivity index (χ1) is 12.4. The first-order valence-electron chi connectivity index (χ1n) is 9.19. The molecule has 26 heavy (non-hydrogen) atoms. The summed E-state index contributed by atoms with van der Waals surface area (Å²) in [5.41, 5.74) is -1.21. The fourth-order valence-electron chi connectivity index (χ4n) is 4.08. The Morgan fingerprint density at radius 1 is 1.08 bits per heavy atom. The highest BCUT2D eigenvalue weighted by atomic mass is 19.4. The number of carbonyl (C=O) groups is 1. The van der Waals surface area contributed by atoms with Crippen molar-refractivity contribution in [1.29, 1.82) is 0 Å². The second kappa shape index (κ2) is 7.96. The van der Waals surface area contributed by atoms with Gasteiger partial charge in [0.25, 0.3) is 5.91 Å². The number of amides is 1. The topological polar surface area (TPSA) is 43.8 Å². The molecule has 3 rings (SSSR count). The predicted molar refractivity (Wildman–Crippen MR) is 91.7 cm³/mol. The maximum atomic E-state index is 13.2. The van der Waals surface area contributed by atoms with Crippen LogP contribution in [0.1, 0.15) is 35.2 Å². The molecule has 1 aromatic carbocycles. The number of carbonyl (C=O) groups excluding carboxylic acids is 1. The molecule has 4 nitrogen and oxygen atoms in total. The average Bonchev–Trinajstić information content (AvgIpc) is 3.04. The molecule has 0 aliphatic carbocycles. The van der Waals surface area contributed by atoms with Gasteiger partial charge in [0.1, 0.15) is 0 Å². The van der Waals surface area contributed by atoms with Crippen LogP contribution in [-0.2, 0) is 6.18 Å².